The van der Waals surface area contributed by atoms with Crippen LogP contribution in [-0.4, -0.2) is 16.8 Å². The zero-order valence-electron chi connectivity index (χ0n) is 18.6. The fourth-order valence-corrected chi connectivity index (χ4v) is 4.22. The van der Waals surface area contributed by atoms with Crippen LogP contribution in [0.1, 0.15) is 23.6 Å². The number of amides is 2. The summed E-state index contributed by atoms with van der Waals surface area (Å²) in [6, 6.07) is 23.8. The highest BCUT2D eigenvalue weighted by atomic mass is 32.1. The summed E-state index contributed by atoms with van der Waals surface area (Å²) in [6.45, 7) is 4.01. The molecular weight excluding hydrogens is 430 g/mol. The van der Waals surface area contributed by atoms with Gasteiger partial charge in [0.05, 0.1) is 12.1 Å². The Bertz CT molecular complexity index is 1240. The Morgan fingerprint density at radius 3 is 2.15 bits per heavy atom. The standard InChI is InChI=1S/C27H25N3O2S/c1-18-3-9-22(10-4-18)25-17-33-27(30-25)23-11-5-21(6-12-23)16-28-26(32)15-20-7-13-24(14-8-20)29-19(2)31/h3-14,17H,15-16H2,1-2H3,(H,28,32)(H,29,31). The second-order valence-corrected chi connectivity index (χ2v) is 8.79. The van der Waals surface area contributed by atoms with Crippen molar-refractivity contribution in [3.8, 4) is 21.8 Å². The lowest BCUT2D eigenvalue weighted by molar-refractivity contribution is -0.120. The van der Waals surface area contributed by atoms with Crippen molar-refractivity contribution in [1.29, 1.82) is 0 Å². The third-order valence-electron chi connectivity index (χ3n) is 5.18. The van der Waals surface area contributed by atoms with Crippen molar-refractivity contribution in [1.82, 2.24) is 10.3 Å². The molecule has 0 aliphatic rings. The zero-order chi connectivity index (χ0) is 23.2. The molecule has 6 heteroatoms. The normalized spacial score (nSPS) is 10.6. The Morgan fingerprint density at radius 1 is 0.848 bits per heavy atom. The van der Waals surface area contributed by atoms with Gasteiger partial charge in [0.1, 0.15) is 5.01 Å². The summed E-state index contributed by atoms with van der Waals surface area (Å²) in [5.74, 6) is -0.165. The minimum Gasteiger partial charge on any atom is -0.352 e. The predicted molar refractivity (Wildman–Crippen MR) is 134 cm³/mol. The fraction of sp³-hybridized carbons (Fsp3) is 0.148. The molecule has 2 amide bonds. The van der Waals surface area contributed by atoms with Crippen molar-refractivity contribution in [2.45, 2.75) is 26.8 Å². The number of rotatable bonds is 7. The molecule has 4 rings (SSSR count). The first-order valence-corrected chi connectivity index (χ1v) is 11.6. The van der Waals surface area contributed by atoms with E-state index in [1.807, 2.05) is 36.4 Å². The van der Waals surface area contributed by atoms with Gasteiger partial charge < -0.3 is 10.6 Å². The lowest BCUT2D eigenvalue weighted by Gasteiger charge is -2.07. The average molecular weight is 456 g/mol. The number of carbonyl (C=O) groups is 2. The van der Waals surface area contributed by atoms with Crippen LogP contribution in [0.5, 0.6) is 0 Å². The summed E-state index contributed by atoms with van der Waals surface area (Å²) in [4.78, 5) is 28.2. The number of hydrogen-bond donors (Lipinski definition) is 2. The van der Waals surface area contributed by atoms with Gasteiger partial charge in [-0.2, -0.15) is 0 Å². The molecule has 0 aliphatic heterocycles. The Morgan fingerprint density at radius 2 is 1.48 bits per heavy atom. The number of carbonyl (C=O) groups excluding carboxylic acids is 2. The molecule has 0 saturated carbocycles. The number of nitrogens with zero attached hydrogens (tertiary/aromatic N) is 1. The summed E-state index contributed by atoms with van der Waals surface area (Å²) < 4.78 is 0. The number of thiazole rings is 1. The Labute approximate surface area is 197 Å². The van der Waals surface area contributed by atoms with E-state index in [4.69, 9.17) is 4.98 Å². The largest absolute Gasteiger partial charge is 0.352 e. The summed E-state index contributed by atoms with van der Waals surface area (Å²) in [5, 5.41) is 8.73. The Hall–Kier alpha value is -3.77. The Kier molecular flexibility index (Phi) is 6.95. The van der Waals surface area contributed by atoms with Gasteiger partial charge in [0, 0.05) is 35.7 Å². The topological polar surface area (TPSA) is 71.1 Å². The zero-order valence-corrected chi connectivity index (χ0v) is 19.4. The lowest BCUT2D eigenvalue weighted by atomic mass is 10.1. The molecule has 1 aromatic heterocycles. The van der Waals surface area contributed by atoms with E-state index in [-0.39, 0.29) is 11.8 Å². The maximum absolute atomic E-state index is 12.3. The molecular formula is C27H25N3O2S. The summed E-state index contributed by atoms with van der Waals surface area (Å²) in [6.07, 6.45) is 0.291. The van der Waals surface area contributed by atoms with Gasteiger partial charge in [-0.25, -0.2) is 4.98 Å². The molecule has 0 aliphatic carbocycles. The second-order valence-electron chi connectivity index (χ2n) is 7.93. The molecule has 0 fully saturated rings. The smallest absolute Gasteiger partial charge is 0.224 e. The number of benzene rings is 3. The molecule has 0 radical (unpaired) electrons. The third-order valence-corrected chi connectivity index (χ3v) is 6.07. The molecule has 4 aromatic rings. The van der Waals surface area contributed by atoms with Gasteiger partial charge in [0.15, 0.2) is 0 Å². The first kappa shape index (κ1) is 22.4. The van der Waals surface area contributed by atoms with E-state index in [9.17, 15) is 9.59 Å². The molecule has 5 nitrogen and oxygen atoms in total. The molecule has 0 bridgehead atoms. The maximum Gasteiger partial charge on any atom is 0.224 e. The van der Waals surface area contributed by atoms with Crippen molar-refractivity contribution < 1.29 is 9.59 Å². The minimum atomic E-state index is -0.118. The van der Waals surface area contributed by atoms with Gasteiger partial charge in [-0.1, -0.05) is 66.2 Å². The first-order valence-electron chi connectivity index (χ1n) is 10.7. The van der Waals surface area contributed by atoms with Crippen LogP contribution in [0.2, 0.25) is 0 Å². The fourth-order valence-electron chi connectivity index (χ4n) is 3.39. The second kappa shape index (κ2) is 10.2. The van der Waals surface area contributed by atoms with E-state index in [1.165, 1.54) is 12.5 Å². The van der Waals surface area contributed by atoms with Crippen molar-refractivity contribution in [2.75, 3.05) is 5.32 Å². The SMILES string of the molecule is CC(=O)Nc1ccc(CC(=O)NCc2ccc(-c3nc(-c4ccc(C)cc4)cs3)cc2)cc1. The highest BCUT2D eigenvalue weighted by Crippen LogP contribution is 2.29. The van der Waals surface area contributed by atoms with E-state index in [1.54, 1.807) is 23.5 Å². The number of aromatic nitrogens is 1. The van der Waals surface area contributed by atoms with Gasteiger partial charge in [0.25, 0.3) is 0 Å². The van der Waals surface area contributed by atoms with Crippen LogP contribution in [0.15, 0.2) is 78.2 Å². The number of hydrogen-bond acceptors (Lipinski definition) is 4. The van der Waals surface area contributed by atoms with Crippen LogP contribution >= 0.6 is 11.3 Å². The molecule has 3 aromatic carbocycles. The predicted octanol–water partition coefficient (Wildman–Crippen LogP) is 5.60. The molecule has 0 spiro atoms. The van der Waals surface area contributed by atoms with Gasteiger partial charge in [-0.05, 0) is 30.2 Å². The first-order chi connectivity index (χ1) is 16.0. The van der Waals surface area contributed by atoms with E-state index < -0.39 is 0 Å². The van der Waals surface area contributed by atoms with Gasteiger partial charge in [0.2, 0.25) is 11.8 Å². The number of aryl methyl sites for hydroxylation is 1. The van der Waals surface area contributed by atoms with Crippen LogP contribution in [0.4, 0.5) is 5.69 Å². The van der Waals surface area contributed by atoms with Crippen LogP contribution in [0.3, 0.4) is 0 Å². The summed E-state index contributed by atoms with van der Waals surface area (Å²) >= 11 is 1.63. The molecule has 166 valence electrons. The Balaban J connectivity index is 1.31. The molecule has 1 heterocycles. The monoisotopic (exact) mass is 455 g/mol. The van der Waals surface area contributed by atoms with E-state index >= 15 is 0 Å². The van der Waals surface area contributed by atoms with Crippen molar-refractivity contribution in [2.24, 2.45) is 0 Å². The number of anilines is 1. The summed E-state index contributed by atoms with van der Waals surface area (Å²) in [7, 11) is 0. The van der Waals surface area contributed by atoms with Crippen molar-refractivity contribution in [3.05, 3.63) is 94.9 Å². The van der Waals surface area contributed by atoms with Crippen LogP contribution in [-0.2, 0) is 22.6 Å². The van der Waals surface area contributed by atoms with E-state index in [2.05, 4.69) is 47.2 Å². The average Bonchev–Trinajstić information content (AvgIpc) is 3.30. The highest BCUT2D eigenvalue weighted by molar-refractivity contribution is 7.13. The highest BCUT2D eigenvalue weighted by Gasteiger charge is 2.08. The van der Waals surface area contributed by atoms with Gasteiger partial charge >= 0.3 is 0 Å². The summed E-state index contributed by atoms with van der Waals surface area (Å²) in [5.41, 5.74) is 7.04. The van der Waals surface area contributed by atoms with Gasteiger partial charge in [-0.15, -0.1) is 11.3 Å². The molecule has 0 unspecified atom stereocenters. The van der Waals surface area contributed by atoms with Crippen LogP contribution < -0.4 is 10.6 Å². The molecule has 2 N–H and O–H groups in total. The number of nitrogens with one attached hydrogen (secondary N) is 2. The molecule has 0 saturated heterocycles. The minimum absolute atomic E-state index is 0.0472. The van der Waals surface area contributed by atoms with Crippen molar-refractivity contribution in [3.63, 3.8) is 0 Å². The maximum atomic E-state index is 12.3. The molecule has 33 heavy (non-hydrogen) atoms. The lowest BCUT2D eigenvalue weighted by Crippen LogP contribution is -2.24. The quantitative estimate of drug-likeness (QED) is 0.381. The third kappa shape index (κ3) is 6.14. The van der Waals surface area contributed by atoms with Gasteiger partial charge in [-0.3, -0.25) is 9.59 Å². The van der Waals surface area contributed by atoms with Crippen LogP contribution in [0.25, 0.3) is 21.8 Å². The van der Waals surface area contributed by atoms with Crippen LogP contribution in [0, 0.1) is 6.92 Å². The van der Waals surface area contributed by atoms with E-state index in [0.29, 0.717) is 13.0 Å². The molecule has 0 atom stereocenters. The van der Waals surface area contributed by atoms with Crippen molar-refractivity contribution >= 4 is 28.8 Å². The van der Waals surface area contributed by atoms with E-state index in [0.717, 1.165) is 38.6 Å².